The highest BCUT2D eigenvalue weighted by Crippen LogP contribution is 2.44. The van der Waals surface area contributed by atoms with Gasteiger partial charge in [0, 0.05) is 50.0 Å². The number of fused-ring (bicyclic) bond motifs is 12. The Morgan fingerprint density at radius 3 is 1.77 bits per heavy atom. The monoisotopic (exact) mass is 698 g/mol. The second-order valence-corrected chi connectivity index (χ2v) is 14.5. The zero-order valence-electron chi connectivity index (χ0n) is 28.0. The third-order valence-corrected chi connectivity index (χ3v) is 11.6. The Balaban J connectivity index is 1.06. The Morgan fingerprint density at radius 1 is 0.453 bits per heavy atom. The Labute approximate surface area is 305 Å². The summed E-state index contributed by atoms with van der Waals surface area (Å²) in [5.74, 6) is 1.61. The van der Waals surface area contributed by atoms with Gasteiger partial charge in [-0.15, -0.1) is 11.3 Å². The van der Waals surface area contributed by atoms with Crippen molar-refractivity contribution in [2.45, 2.75) is 0 Å². The minimum Gasteiger partial charge on any atom is -0.456 e. The van der Waals surface area contributed by atoms with Crippen molar-refractivity contribution in [2.75, 3.05) is 0 Å². The van der Waals surface area contributed by atoms with Crippen LogP contribution >= 0.6 is 11.3 Å². The summed E-state index contributed by atoms with van der Waals surface area (Å²) >= 11 is 1.78. The van der Waals surface area contributed by atoms with Gasteiger partial charge in [0.2, 0.25) is 0 Å². The van der Waals surface area contributed by atoms with E-state index in [0.717, 1.165) is 94.1 Å². The fourth-order valence-electron chi connectivity index (χ4n) is 8.27. The van der Waals surface area contributed by atoms with Crippen molar-refractivity contribution in [3.05, 3.63) is 158 Å². The summed E-state index contributed by atoms with van der Waals surface area (Å²) in [6, 6.07) is 50.9. The average Bonchev–Trinajstić information content (AvgIpc) is 3.95. The lowest BCUT2D eigenvalue weighted by molar-refractivity contribution is 0.495. The van der Waals surface area contributed by atoms with Gasteiger partial charge in [-0.1, -0.05) is 48.5 Å². The number of pyridine rings is 2. The molecule has 0 bridgehead atoms. The third-order valence-electron chi connectivity index (χ3n) is 10.5. The SMILES string of the molecule is c1cnc2c(c1)oc1ccc(-n3c4ccccc4c4c(Oc5cccc6c5c5ccccc5n6-c5ccc6sc7cccnc7c6c5)cccc43)cc12. The van der Waals surface area contributed by atoms with Gasteiger partial charge in [0.15, 0.2) is 5.58 Å². The van der Waals surface area contributed by atoms with Gasteiger partial charge in [-0.25, -0.2) is 0 Å². The van der Waals surface area contributed by atoms with Crippen molar-refractivity contribution in [2.24, 2.45) is 0 Å². The zero-order valence-corrected chi connectivity index (χ0v) is 28.8. The maximum Gasteiger partial charge on any atom is 0.153 e. The van der Waals surface area contributed by atoms with Crippen LogP contribution in [0, 0.1) is 0 Å². The Kier molecular flexibility index (Phi) is 5.84. The van der Waals surface area contributed by atoms with Gasteiger partial charge in [0.1, 0.15) is 22.6 Å². The van der Waals surface area contributed by atoms with E-state index in [1.807, 2.05) is 36.7 Å². The molecule has 0 saturated carbocycles. The van der Waals surface area contributed by atoms with E-state index in [2.05, 4.69) is 135 Å². The van der Waals surface area contributed by atoms with Crippen LogP contribution in [0.5, 0.6) is 11.5 Å². The van der Waals surface area contributed by atoms with E-state index in [0.29, 0.717) is 0 Å². The maximum atomic E-state index is 7.09. The van der Waals surface area contributed by atoms with Crippen LogP contribution in [-0.2, 0) is 0 Å². The Hall–Kier alpha value is -6.96. The number of ether oxygens (including phenoxy) is 1. The van der Waals surface area contributed by atoms with Crippen molar-refractivity contribution < 1.29 is 9.15 Å². The van der Waals surface area contributed by atoms with E-state index < -0.39 is 0 Å². The van der Waals surface area contributed by atoms with Crippen LogP contribution in [0.4, 0.5) is 0 Å². The highest BCUT2D eigenvalue weighted by atomic mass is 32.1. The molecule has 0 amide bonds. The maximum absolute atomic E-state index is 7.09. The van der Waals surface area contributed by atoms with E-state index in [9.17, 15) is 0 Å². The van der Waals surface area contributed by atoms with Crippen LogP contribution in [0.3, 0.4) is 0 Å². The summed E-state index contributed by atoms with van der Waals surface area (Å²) in [6.45, 7) is 0. The first-order chi connectivity index (χ1) is 26.3. The Morgan fingerprint density at radius 2 is 1.06 bits per heavy atom. The molecule has 0 atom stereocenters. The zero-order chi connectivity index (χ0) is 34.6. The molecule has 6 aromatic carbocycles. The van der Waals surface area contributed by atoms with Crippen LogP contribution in [0.25, 0.3) is 97.4 Å². The molecule has 0 aliphatic heterocycles. The first-order valence-corrected chi connectivity index (χ1v) is 18.4. The van der Waals surface area contributed by atoms with E-state index in [-0.39, 0.29) is 0 Å². The van der Waals surface area contributed by atoms with Gasteiger partial charge in [-0.2, -0.15) is 0 Å². The molecule has 12 aromatic rings. The van der Waals surface area contributed by atoms with Gasteiger partial charge in [0.25, 0.3) is 0 Å². The lowest BCUT2D eigenvalue weighted by Crippen LogP contribution is -1.94. The fraction of sp³-hybridized carbons (Fsp3) is 0. The normalized spacial score (nSPS) is 12.2. The van der Waals surface area contributed by atoms with E-state index in [1.165, 1.54) is 14.8 Å². The highest BCUT2D eigenvalue weighted by molar-refractivity contribution is 7.25. The molecule has 0 fully saturated rings. The summed E-state index contributed by atoms with van der Waals surface area (Å²) in [4.78, 5) is 9.38. The molecule has 53 heavy (non-hydrogen) atoms. The smallest absolute Gasteiger partial charge is 0.153 e. The molecule has 6 heterocycles. The molecule has 0 aliphatic rings. The third kappa shape index (κ3) is 4.08. The Bertz CT molecular complexity index is 3230. The summed E-state index contributed by atoms with van der Waals surface area (Å²) in [6.07, 6.45) is 3.69. The number of benzene rings is 6. The molecule has 0 spiro atoms. The second kappa shape index (κ2) is 10.8. The van der Waals surface area contributed by atoms with Crippen molar-refractivity contribution in [3.8, 4) is 22.9 Å². The second-order valence-electron chi connectivity index (χ2n) is 13.4. The molecular weight excluding hydrogens is 673 g/mol. The van der Waals surface area contributed by atoms with Gasteiger partial charge in [-0.05, 0) is 97.1 Å². The minimum absolute atomic E-state index is 0.783. The van der Waals surface area contributed by atoms with Crippen molar-refractivity contribution in [1.29, 1.82) is 0 Å². The summed E-state index contributed by atoms with van der Waals surface area (Å²) in [5.41, 5.74) is 9.99. The molecule has 6 nitrogen and oxygen atoms in total. The van der Waals surface area contributed by atoms with Gasteiger partial charge in [0.05, 0.1) is 43.1 Å². The van der Waals surface area contributed by atoms with Gasteiger partial charge in [-0.3, -0.25) is 9.97 Å². The molecule has 12 rings (SSSR count). The van der Waals surface area contributed by atoms with Crippen LogP contribution in [0.2, 0.25) is 0 Å². The molecule has 0 radical (unpaired) electrons. The van der Waals surface area contributed by atoms with Crippen LogP contribution in [-0.4, -0.2) is 19.1 Å². The van der Waals surface area contributed by atoms with E-state index in [4.69, 9.17) is 14.1 Å². The number of aromatic nitrogens is 4. The molecular formula is C46H26N4O2S. The van der Waals surface area contributed by atoms with E-state index in [1.54, 1.807) is 11.3 Å². The molecule has 0 unspecified atom stereocenters. The molecule has 0 aliphatic carbocycles. The summed E-state index contributed by atoms with van der Waals surface area (Å²) in [5, 5.41) is 6.54. The molecule has 7 heteroatoms. The topological polar surface area (TPSA) is 58.0 Å². The fourth-order valence-corrected chi connectivity index (χ4v) is 9.31. The molecule has 0 N–H and O–H groups in total. The molecule has 248 valence electrons. The predicted molar refractivity (Wildman–Crippen MR) is 217 cm³/mol. The molecule has 6 aromatic heterocycles. The van der Waals surface area contributed by atoms with Gasteiger partial charge >= 0.3 is 0 Å². The van der Waals surface area contributed by atoms with Gasteiger partial charge < -0.3 is 18.3 Å². The van der Waals surface area contributed by atoms with Crippen LogP contribution < -0.4 is 4.74 Å². The number of nitrogens with zero attached hydrogens (tertiary/aromatic N) is 4. The minimum atomic E-state index is 0.783. The van der Waals surface area contributed by atoms with Crippen molar-refractivity contribution in [3.63, 3.8) is 0 Å². The standard InChI is InChI=1S/C46H26N4O2S/c1-3-11-33-29(9-1)43-35(49(33)27-19-21-37-31(25-27)45-40(51-37)17-7-23-47-45)13-5-15-38(43)52-39-16-6-14-36-44(39)30-10-2-4-12-34(30)50(36)28-20-22-41-32(26-28)46-42(53-41)18-8-24-48-46/h1-26H. The highest BCUT2D eigenvalue weighted by Gasteiger charge is 2.21. The number of furan rings is 1. The number of thiophene rings is 1. The first-order valence-electron chi connectivity index (χ1n) is 17.6. The molecule has 0 saturated heterocycles. The predicted octanol–water partition coefficient (Wildman–Crippen LogP) is 12.7. The number of rotatable bonds is 4. The number of para-hydroxylation sites is 2. The lowest BCUT2D eigenvalue weighted by atomic mass is 10.1. The lowest BCUT2D eigenvalue weighted by Gasteiger charge is -2.11. The summed E-state index contributed by atoms with van der Waals surface area (Å²) in [7, 11) is 0. The quantitative estimate of drug-likeness (QED) is 0.184. The average molecular weight is 699 g/mol. The number of hydrogen-bond donors (Lipinski definition) is 0. The first kappa shape index (κ1) is 28.7. The van der Waals surface area contributed by atoms with Crippen LogP contribution in [0.1, 0.15) is 0 Å². The van der Waals surface area contributed by atoms with Crippen molar-refractivity contribution >= 4 is 97.3 Å². The van der Waals surface area contributed by atoms with Crippen LogP contribution in [0.15, 0.2) is 162 Å². The number of hydrogen-bond acceptors (Lipinski definition) is 5. The largest absolute Gasteiger partial charge is 0.456 e. The summed E-state index contributed by atoms with van der Waals surface area (Å²) < 4.78 is 20.3. The van der Waals surface area contributed by atoms with E-state index >= 15 is 0 Å². The van der Waals surface area contributed by atoms with Crippen molar-refractivity contribution in [1.82, 2.24) is 19.1 Å².